The summed E-state index contributed by atoms with van der Waals surface area (Å²) in [4.78, 5) is 0. The molecule has 3 aromatic carbocycles. The molecule has 3 N–H and O–H groups in total. The summed E-state index contributed by atoms with van der Waals surface area (Å²) < 4.78 is 47.5. The first kappa shape index (κ1) is 18.0. The minimum atomic E-state index is -2.87. The number of ether oxygens (including phenoxy) is 1. The number of hydrogen-bond acceptors (Lipinski definition) is 4. The average Bonchev–Trinajstić information content (AvgIpc) is 3.11. The third-order valence-corrected chi connectivity index (χ3v) is 5.38. The zero-order valence-corrected chi connectivity index (χ0v) is 16.8. The lowest BCUT2D eigenvalue weighted by Crippen LogP contribution is -2.54. The van der Waals surface area contributed by atoms with Gasteiger partial charge < -0.3 is 20.1 Å². The van der Waals surface area contributed by atoms with E-state index in [1.807, 2.05) is 0 Å². The highest BCUT2D eigenvalue weighted by molar-refractivity contribution is 5.25. The molecule has 8 atom stereocenters. The Morgan fingerprint density at radius 1 is 0.806 bits per heavy atom. The van der Waals surface area contributed by atoms with Gasteiger partial charge in [-0.05, 0) is 16.7 Å². The number of aliphatic hydroxyl groups is 3. The number of benzene rings is 3. The second-order valence-electron chi connectivity index (χ2n) is 7.72. The van der Waals surface area contributed by atoms with E-state index in [1.165, 1.54) is 24.3 Å². The van der Waals surface area contributed by atoms with E-state index in [4.69, 9.17) is 8.85 Å². The van der Waals surface area contributed by atoms with Gasteiger partial charge in [0.05, 0.1) is 6.10 Å². The van der Waals surface area contributed by atoms with Crippen molar-refractivity contribution in [1.29, 1.82) is 0 Å². The van der Waals surface area contributed by atoms with E-state index in [2.05, 4.69) is 0 Å². The molecule has 4 nitrogen and oxygen atoms in total. The van der Waals surface area contributed by atoms with Gasteiger partial charge in [-0.3, -0.25) is 0 Å². The SMILES string of the molecule is [2H]C(c1ccccc1)C(O)[C@H]1OC(O)(C([2H])c2ccccc2)[C@@H](F)[C@@]1(O)C([2H])c1ccccc1. The molecule has 0 amide bonds. The summed E-state index contributed by atoms with van der Waals surface area (Å²) in [6.07, 6.45) is -11.0. The third-order valence-electron chi connectivity index (χ3n) is 5.38. The van der Waals surface area contributed by atoms with Crippen molar-refractivity contribution < 1.29 is 28.6 Å². The Hall–Kier alpha value is -2.57. The monoisotopic (exact) mass is 425 g/mol. The van der Waals surface area contributed by atoms with E-state index in [0.29, 0.717) is 5.56 Å². The van der Waals surface area contributed by atoms with Crippen LogP contribution in [0.1, 0.15) is 20.8 Å². The van der Waals surface area contributed by atoms with Crippen molar-refractivity contribution in [2.45, 2.75) is 49.0 Å². The highest BCUT2D eigenvalue weighted by Gasteiger charge is 2.65. The van der Waals surface area contributed by atoms with E-state index in [0.717, 1.165) is 0 Å². The van der Waals surface area contributed by atoms with Crippen LogP contribution in [0.15, 0.2) is 91.0 Å². The van der Waals surface area contributed by atoms with Gasteiger partial charge in [0, 0.05) is 23.3 Å². The topological polar surface area (TPSA) is 69.9 Å². The van der Waals surface area contributed by atoms with Gasteiger partial charge in [0.15, 0.2) is 6.17 Å². The Labute approximate surface area is 185 Å². The number of hydrogen-bond donors (Lipinski definition) is 3. The van der Waals surface area contributed by atoms with Crippen LogP contribution in [0.2, 0.25) is 0 Å². The molecular weight excluding hydrogens is 395 g/mol. The van der Waals surface area contributed by atoms with Gasteiger partial charge in [-0.25, -0.2) is 4.39 Å². The molecule has 0 spiro atoms. The maximum atomic E-state index is 16.1. The molecule has 0 saturated carbocycles. The maximum Gasteiger partial charge on any atom is 0.205 e. The molecule has 1 heterocycles. The van der Waals surface area contributed by atoms with Gasteiger partial charge in [0.2, 0.25) is 5.79 Å². The Morgan fingerprint density at radius 3 is 1.77 bits per heavy atom. The van der Waals surface area contributed by atoms with Crippen molar-refractivity contribution in [2.24, 2.45) is 0 Å². The van der Waals surface area contributed by atoms with Gasteiger partial charge in [0.1, 0.15) is 11.7 Å². The molecule has 1 aliphatic rings. The Bertz CT molecular complexity index is 1080. The van der Waals surface area contributed by atoms with Crippen LogP contribution in [0, 0.1) is 0 Å². The first-order chi connectivity index (χ1) is 16.2. The van der Waals surface area contributed by atoms with E-state index in [9.17, 15) is 15.3 Å². The van der Waals surface area contributed by atoms with Gasteiger partial charge in [-0.2, -0.15) is 0 Å². The van der Waals surface area contributed by atoms with Gasteiger partial charge in [-0.15, -0.1) is 0 Å². The number of halogens is 1. The molecule has 5 unspecified atom stereocenters. The number of rotatable bonds is 7. The fourth-order valence-corrected chi connectivity index (χ4v) is 3.89. The van der Waals surface area contributed by atoms with Gasteiger partial charge in [0.25, 0.3) is 0 Å². The highest BCUT2D eigenvalue weighted by atomic mass is 19.1. The lowest BCUT2D eigenvalue weighted by molar-refractivity contribution is -0.225. The summed E-state index contributed by atoms with van der Waals surface area (Å²) >= 11 is 0. The van der Waals surface area contributed by atoms with Crippen LogP contribution < -0.4 is 0 Å². The number of aliphatic hydroxyl groups excluding tert-OH is 1. The molecule has 162 valence electrons. The van der Waals surface area contributed by atoms with Crippen molar-refractivity contribution >= 4 is 0 Å². The lowest BCUT2D eigenvalue weighted by Gasteiger charge is -2.33. The Kier molecular flexibility index (Phi) is 5.17. The second-order valence-corrected chi connectivity index (χ2v) is 7.72. The average molecular weight is 426 g/mol. The van der Waals surface area contributed by atoms with Crippen molar-refractivity contribution in [3.05, 3.63) is 108 Å². The predicted octanol–water partition coefficient (Wildman–Crippen LogP) is 3.23. The molecule has 0 radical (unpaired) electrons. The largest absolute Gasteiger partial charge is 0.390 e. The fourth-order valence-electron chi connectivity index (χ4n) is 3.89. The maximum absolute atomic E-state index is 16.1. The zero-order chi connectivity index (χ0) is 24.5. The second kappa shape index (κ2) is 8.89. The molecule has 0 aliphatic carbocycles. The van der Waals surface area contributed by atoms with Gasteiger partial charge in [-0.1, -0.05) is 91.0 Å². The summed E-state index contributed by atoms with van der Waals surface area (Å²) in [5.74, 6) is -2.87. The molecule has 1 aliphatic heterocycles. The quantitative estimate of drug-likeness (QED) is 0.544. The van der Waals surface area contributed by atoms with Crippen LogP contribution >= 0.6 is 0 Å². The van der Waals surface area contributed by atoms with Crippen LogP contribution in [0.25, 0.3) is 0 Å². The molecule has 31 heavy (non-hydrogen) atoms. The van der Waals surface area contributed by atoms with E-state index in [-0.39, 0.29) is 11.1 Å². The fraction of sp³-hybridized carbons (Fsp3) is 0.308. The first-order valence-electron chi connectivity index (χ1n) is 11.8. The normalized spacial score (nSPS) is 33.5. The Morgan fingerprint density at radius 2 is 1.26 bits per heavy atom. The molecule has 1 fully saturated rings. The smallest absolute Gasteiger partial charge is 0.205 e. The summed E-state index contributed by atoms with van der Waals surface area (Å²) in [7, 11) is 0. The van der Waals surface area contributed by atoms with Crippen molar-refractivity contribution in [2.75, 3.05) is 0 Å². The summed E-state index contributed by atoms with van der Waals surface area (Å²) in [5, 5.41) is 34.1. The van der Waals surface area contributed by atoms with Crippen LogP contribution in [0.3, 0.4) is 0 Å². The van der Waals surface area contributed by atoms with Crippen LogP contribution in [0.4, 0.5) is 4.39 Å². The minimum Gasteiger partial charge on any atom is -0.390 e. The molecule has 0 aromatic heterocycles. The predicted molar refractivity (Wildman–Crippen MR) is 116 cm³/mol. The van der Waals surface area contributed by atoms with Crippen molar-refractivity contribution in [3.63, 3.8) is 0 Å². The standard InChI is InChI=1S/C26H27FO4/c27-24-25(29,17-20-12-6-2-7-13-20)23(22(28)16-19-10-4-1-5-11-19)31-26(24,30)18-21-14-8-3-9-15-21/h1-15,22-24,28-30H,16-18H2/t22?,23-,24+,25-,26?/m1/s1/i16D,17D,18D/t16?,17?,18?,22?,23-,24+,25-,26?. The molecule has 5 heteroatoms. The third kappa shape index (κ3) is 4.55. The first-order valence-corrected chi connectivity index (χ1v) is 10.1. The van der Waals surface area contributed by atoms with Crippen LogP contribution in [-0.4, -0.2) is 45.1 Å². The number of alkyl halides is 1. The van der Waals surface area contributed by atoms with Crippen LogP contribution in [0.5, 0.6) is 0 Å². The molecule has 1 saturated heterocycles. The summed E-state index contributed by atoms with van der Waals surface area (Å²) in [6, 6.07) is 24.2. The van der Waals surface area contributed by atoms with E-state index < -0.39 is 49.0 Å². The van der Waals surface area contributed by atoms with Gasteiger partial charge >= 0.3 is 0 Å². The Balaban J connectivity index is 1.78. The summed E-state index contributed by atoms with van der Waals surface area (Å²) in [5.41, 5.74) is -1.90. The molecule has 3 aromatic rings. The summed E-state index contributed by atoms with van der Waals surface area (Å²) in [6.45, 7) is 0. The molecular formula is C26H27FO4. The van der Waals surface area contributed by atoms with Crippen molar-refractivity contribution in [3.8, 4) is 0 Å². The zero-order valence-electron chi connectivity index (χ0n) is 19.8. The molecule has 0 bridgehead atoms. The highest BCUT2D eigenvalue weighted by Crippen LogP contribution is 2.44. The lowest BCUT2D eigenvalue weighted by atomic mass is 9.80. The molecule has 4 rings (SSSR count). The van der Waals surface area contributed by atoms with E-state index in [1.54, 1.807) is 66.7 Å². The van der Waals surface area contributed by atoms with Crippen LogP contribution in [-0.2, 0) is 23.9 Å². The van der Waals surface area contributed by atoms with Crippen molar-refractivity contribution in [1.82, 2.24) is 0 Å². The minimum absolute atomic E-state index is 0.233. The van der Waals surface area contributed by atoms with E-state index >= 15 is 4.39 Å².